The Morgan fingerprint density at radius 2 is 2.03 bits per heavy atom. The van der Waals surface area contributed by atoms with Crippen LogP contribution in [0.5, 0.6) is 5.88 Å². The van der Waals surface area contributed by atoms with Gasteiger partial charge < -0.3 is 15.0 Å². The van der Waals surface area contributed by atoms with Gasteiger partial charge in [-0.25, -0.2) is 9.97 Å². The number of rotatable bonds is 9. The Morgan fingerprint density at radius 1 is 1.21 bits per heavy atom. The van der Waals surface area contributed by atoms with Gasteiger partial charge in [-0.3, -0.25) is 4.79 Å². The summed E-state index contributed by atoms with van der Waals surface area (Å²) in [6, 6.07) is 4.58. The van der Waals surface area contributed by atoms with Crippen LogP contribution in [0.15, 0.2) is 18.3 Å². The highest BCUT2D eigenvalue weighted by Crippen LogP contribution is 2.28. The summed E-state index contributed by atoms with van der Waals surface area (Å²) in [5.41, 5.74) is 2.60. The van der Waals surface area contributed by atoms with Gasteiger partial charge in [0.25, 0.3) is 0 Å². The van der Waals surface area contributed by atoms with E-state index in [1.54, 1.807) is 11.3 Å². The lowest BCUT2D eigenvalue weighted by Gasteiger charge is -2.30. The summed E-state index contributed by atoms with van der Waals surface area (Å²) in [7, 11) is 0. The number of nitrogens with zero attached hydrogens (tertiary/aromatic N) is 3. The van der Waals surface area contributed by atoms with Crippen molar-refractivity contribution < 1.29 is 9.53 Å². The molecule has 1 N–H and O–H groups in total. The summed E-state index contributed by atoms with van der Waals surface area (Å²) >= 11 is 1.61. The second-order valence-corrected chi connectivity index (χ2v) is 10.9. The lowest BCUT2D eigenvalue weighted by atomic mass is 9.84. The van der Waals surface area contributed by atoms with Crippen LogP contribution in [0, 0.1) is 12.8 Å². The van der Waals surface area contributed by atoms with Crippen LogP contribution in [0.1, 0.15) is 66.6 Å². The minimum absolute atomic E-state index is 0.142. The maximum absolute atomic E-state index is 12.4. The fourth-order valence-electron chi connectivity index (χ4n) is 5.00. The smallest absolute Gasteiger partial charge is 0.225 e. The van der Waals surface area contributed by atoms with Crippen LogP contribution >= 0.6 is 11.3 Å². The summed E-state index contributed by atoms with van der Waals surface area (Å²) in [5.74, 6) is 1.69. The Morgan fingerprint density at radius 3 is 2.79 bits per heavy atom. The van der Waals surface area contributed by atoms with Crippen LogP contribution in [-0.2, 0) is 24.1 Å². The van der Waals surface area contributed by atoms with Crippen molar-refractivity contribution in [2.75, 3.05) is 26.2 Å². The summed E-state index contributed by atoms with van der Waals surface area (Å²) in [6.45, 7) is 8.20. The molecule has 0 saturated heterocycles. The van der Waals surface area contributed by atoms with E-state index in [-0.39, 0.29) is 5.91 Å². The molecule has 1 amide bonds. The van der Waals surface area contributed by atoms with Gasteiger partial charge in [0.1, 0.15) is 0 Å². The second kappa shape index (κ2) is 11.9. The molecule has 0 bridgehead atoms. The number of aromatic nitrogens is 2. The highest BCUT2D eigenvalue weighted by molar-refractivity contribution is 7.11. The maximum atomic E-state index is 12.4. The molecule has 3 heterocycles. The number of thiazole rings is 1. The molecule has 0 atom stereocenters. The van der Waals surface area contributed by atoms with Gasteiger partial charge in [0, 0.05) is 48.4 Å². The number of nitrogens with one attached hydrogen (secondary N) is 1. The molecule has 7 heteroatoms. The van der Waals surface area contributed by atoms with Crippen molar-refractivity contribution in [3.05, 3.63) is 39.5 Å². The van der Waals surface area contributed by atoms with Crippen molar-refractivity contribution >= 4 is 17.2 Å². The normalized spacial score (nSPS) is 21.3. The Labute approximate surface area is 202 Å². The predicted octanol–water partition coefficient (Wildman–Crippen LogP) is 4.34. The van der Waals surface area contributed by atoms with Gasteiger partial charge in [0.05, 0.1) is 18.0 Å². The van der Waals surface area contributed by atoms with E-state index in [0.29, 0.717) is 12.5 Å². The first kappa shape index (κ1) is 24.1. The molecule has 1 aliphatic carbocycles. The first-order valence-electron chi connectivity index (χ1n) is 12.6. The van der Waals surface area contributed by atoms with Crippen LogP contribution in [0.25, 0.3) is 0 Å². The molecule has 0 spiro atoms. The molecule has 2 aromatic rings. The third-order valence-electron chi connectivity index (χ3n) is 6.93. The largest absolute Gasteiger partial charge is 0.478 e. The predicted molar refractivity (Wildman–Crippen MR) is 133 cm³/mol. The molecule has 1 fully saturated rings. The molecular weight excluding hydrogens is 432 g/mol. The zero-order chi connectivity index (χ0) is 23.0. The van der Waals surface area contributed by atoms with E-state index < -0.39 is 0 Å². The molecule has 1 saturated carbocycles. The van der Waals surface area contributed by atoms with Gasteiger partial charge in [0.15, 0.2) is 0 Å². The summed E-state index contributed by atoms with van der Waals surface area (Å²) in [4.78, 5) is 25.0. The van der Waals surface area contributed by atoms with Crippen LogP contribution in [0.4, 0.5) is 0 Å². The minimum atomic E-state index is 0.142. The number of carbonyl (C=O) groups excluding carboxylic acids is 1. The average molecular weight is 471 g/mol. The maximum Gasteiger partial charge on any atom is 0.225 e. The zero-order valence-electron chi connectivity index (χ0n) is 20.1. The number of fused-ring (bicyclic) bond motifs is 1. The number of ether oxygens (including phenoxy) is 1. The topological polar surface area (TPSA) is 67.3 Å². The number of carbonyl (C=O) groups is 1. The van der Waals surface area contributed by atoms with E-state index in [2.05, 4.69) is 28.2 Å². The molecule has 4 rings (SSSR count). The second-order valence-electron chi connectivity index (χ2n) is 9.54. The number of aryl methyl sites for hydroxylation is 1. The lowest BCUT2D eigenvalue weighted by Crippen LogP contribution is -2.38. The highest BCUT2D eigenvalue weighted by Gasteiger charge is 2.24. The fourth-order valence-corrected chi connectivity index (χ4v) is 5.80. The van der Waals surface area contributed by atoms with E-state index in [1.807, 2.05) is 19.2 Å². The van der Waals surface area contributed by atoms with Crippen molar-refractivity contribution in [2.24, 2.45) is 5.92 Å². The highest BCUT2D eigenvalue weighted by atomic mass is 32.1. The van der Waals surface area contributed by atoms with Gasteiger partial charge in [-0.2, -0.15) is 0 Å². The fraction of sp³-hybridized carbons (Fsp3) is 0.654. The van der Waals surface area contributed by atoms with Crippen molar-refractivity contribution in [1.29, 1.82) is 0 Å². The van der Waals surface area contributed by atoms with Gasteiger partial charge >= 0.3 is 0 Å². The van der Waals surface area contributed by atoms with Gasteiger partial charge in [-0.1, -0.05) is 13.0 Å². The average Bonchev–Trinajstić information content (AvgIpc) is 3.11. The van der Waals surface area contributed by atoms with E-state index in [4.69, 9.17) is 9.72 Å². The van der Waals surface area contributed by atoms with E-state index >= 15 is 0 Å². The van der Waals surface area contributed by atoms with Crippen molar-refractivity contribution in [2.45, 2.75) is 77.7 Å². The van der Waals surface area contributed by atoms with Crippen LogP contribution in [0.2, 0.25) is 0 Å². The molecule has 1 aliphatic heterocycles. The summed E-state index contributed by atoms with van der Waals surface area (Å²) in [5, 5.41) is 4.27. The van der Waals surface area contributed by atoms with Crippen molar-refractivity contribution in [3.8, 4) is 5.88 Å². The third-order valence-corrected chi connectivity index (χ3v) is 7.84. The van der Waals surface area contributed by atoms with Crippen LogP contribution < -0.4 is 10.1 Å². The van der Waals surface area contributed by atoms with Crippen LogP contribution in [0.3, 0.4) is 0 Å². The van der Waals surface area contributed by atoms with E-state index in [9.17, 15) is 4.79 Å². The standard InChI is InChI=1S/C26H38N4O2S/c1-3-16-32-26-9-6-21-11-14-30(15-12-24(21)29-26)13-10-20-4-7-22(8-5-20)28-25(31)17-23-18-27-19(2)33-23/h6,9,18,20,22H,3-5,7-8,10-17H2,1-2H3,(H,28,31). The first-order valence-corrected chi connectivity index (χ1v) is 13.4. The molecule has 6 nitrogen and oxygen atoms in total. The molecule has 33 heavy (non-hydrogen) atoms. The van der Waals surface area contributed by atoms with Crippen molar-refractivity contribution in [3.63, 3.8) is 0 Å². The SMILES string of the molecule is CCCOc1ccc2c(n1)CCN(CCC1CCC(NC(=O)Cc3cnc(C)s3)CC1)CC2. The molecule has 0 aromatic carbocycles. The Kier molecular flexibility index (Phi) is 8.73. The van der Waals surface area contributed by atoms with Gasteiger partial charge in [0.2, 0.25) is 11.8 Å². The van der Waals surface area contributed by atoms with Crippen LogP contribution in [-0.4, -0.2) is 53.1 Å². The van der Waals surface area contributed by atoms with Crippen molar-refractivity contribution in [1.82, 2.24) is 20.2 Å². The molecule has 0 radical (unpaired) electrons. The quantitative estimate of drug-likeness (QED) is 0.590. The Hall–Kier alpha value is -1.99. The Bertz CT molecular complexity index is 907. The third kappa shape index (κ3) is 7.24. The van der Waals surface area contributed by atoms with Gasteiger partial charge in [-0.15, -0.1) is 11.3 Å². The molecule has 0 unspecified atom stereocenters. The van der Waals surface area contributed by atoms with E-state index in [0.717, 1.165) is 73.5 Å². The summed E-state index contributed by atoms with van der Waals surface area (Å²) in [6.07, 6.45) is 11.3. The van der Waals surface area contributed by atoms with E-state index in [1.165, 1.54) is 37.1 Å². The number of amides is 1. The number of hydrogen-bond acceptors (Lipinski definition) is 6. The van der Waals surface area contributed by atoms with Gasteiger partial charge in [-0.05, 0) is 69.9 Å². The number of hydrogen-bond donors (Lipinski definition) is 1. The monoisotopic (exact) mass is 470 g/mol. The molecule has 180 valence electrons. The first-order chi connectivity index (χ1) is 16.1. The summed E-state index contributed by atoms with van der Waals surface area (Å²) < 4.78 is 5.73. The minimum Gasteiger partial charge on any atom is -0.478 e. The molecule has 2 aromatic heterocycles. The lowest BCUT2D eigenvalue weighted by molar-refractivity contribution is -0.121. The molecule has 2 aliphatic rings. The number of pyridine rings is 1. The molecular formula is C26H38N4O2S. The zero-order valence-corrected chi connectivity index (χ0v) is 21.0. The Balaban J connectivity index is 1.15.